The molecule has 0 radical (unpaired) electrons. The average molecular weight is 385 g/mol. The predicted molar refractivity (Wildman–Crippen MR) is 80.4 cm³/mol. The number of esters is 1. The Kier molecular flexibility index (Phi) is 4.78. The van der Waals surface area contributed by atoms with Gasteiger partial charge in [-0.2, -0.15) is 0 Å². The van der Waals surface area contributed by atoms with Gasteiger partial charge in [-0.1, -0.05) is 0 Å². The number of hydrogen-bond acceptors (Lipinski definition) is 4. The maximum atomic E-state index is 11.8. The van der Waals surface area contributed by atoms with Crippen LogP contribution in [0, 0.1) is 3.57 Å². The largest absolute Gasteiger partial charge is 0.459 e. The summed E-state index contributed by atoms with van der Waals surface area (Å²) in [6.45, 7) is 1.55. The predicted octanol–water partition coefficient (Wildman–Crippen LogP) is 2.61. The first-order valence-electron chi connectivity index (χ1n) is 5.88. The van der Waals surface area contributed by atoms with Gasteiger partial charge in [-0.3, -0.25) is 4.79 Å². The Morgan fingerprint density at radius 2 is 1.95 bits per heavy atom. The van der Waals surface area contributed by atoms with Crippen LogP contribution >= 0.6 is 22.6 Å². The fourth-order valence-corrected chi connectivity index (χ4v) is 1.80. The van der Waals surface area contributed by atoms with Crippen molar-refractivity contribution in [3.63, 3.8) is 0 Å². The zero-order chi connectivity index (χ0) is 14.5. The molecule has 1 aromatic carbocycles. The molecule has 1 atom stereocenters. The second-order valence-electron chi connectivity index (χ2n) is 4.05. The number of rotatable bonds is 4. The van der Waals surface area contributed by atoms with E-state index in [4.69, 9.17) is 9.15 Å². The van der Waals surface area contributed by atoms with Crippen LogP contribution < -0.4 is 10.1 Å². The van der Waals surface area contributed by atoms with E-state index < -0.39 is 17.9 Å². The monoisotopic (exact) mass is 385 g/mol. The van der Waals surface area contributed by atoms with Crippen molar-refractivity contribution >= 4 is 34.5 Å². The Labute approximate surface area is 129 Å². The minimum Gasteiger partial charge on any atom is -0.459 e. The highest BCUT2D eigenvalue weighted by Gasteiger charge is 2.19. The minimum atomic E-state index is -0.771. The fourth-order valence-electron chi connectivity index (χ4n) is 1.44. The lowest BCUT2D eigenvalue weighted by atomic mass is 10.3. The number of halogens is 1. The summed E-state index contributed by atoms with van der Waals surface area (Å²) in [5.41, 5.74) is 0. The molecule has 1 heterocycles. The van der Waals surface area contributed by atoms with E-state index in [1.165, 1.54) is 12.3 Å². The quantitative estimate of drug-likeness (QED) is 0.499. The molecule has 0 saturated heterocycles. The minimum absolute atomic E-state index is 0.152. The maximum Gasteiger partial charge on any atom is 0.333 e. The molecular formula is C14H12INO4. The number of furan rings is 1. The van der Waals surface area contributed by atoms with Crippen LogP contribution in [0.4, 0.5) is 0 Å². The molecule has 104 valence electrons. The molecule has 0 saturated carbocycles. The first-order chi connectivity index (χ1) is 9.56. The van der Waals surface area contributed by atoms with Gasteiger partial charge < -0.3 is 14.5 Å². The standard InChI is InChI=1S/C14H12INO4/c1-9(16-13(17)12-3-2-8-19-12)14(18)20-11-6-4-10(15)5-7-11/h2-9H,1H3,(H,16,17). The number of ether oxygens (including phenoxy) is 1. The lowest BCUT2D eigenvalue weighted by molar-refractivity contribution is -0.136. The van der Waals surface area contributed by atoms with E-state index >= 15 is 0 Å². The lowest BCUT2D eigenvalue weighted by Crippen LogP contribution is -2.40. The topological polar surface area (TPSA) is 68.5 Å². The van der Waals surface area contributed by atoms with Crippen LogP contribution in [0.2, 0.25) is 0 Å². The van der Waals surface area contributed by atoms with Gasteiger partial charge in [0.2, 0.25) is 0 Å². The third-order valence-corrected chi connectivity index (χ3v) is 3.20. The molecule has 1 N–H and O–H groups in total. The van der Waals surface area contributed by atoms with E-state index in [1.807, 2.05) is 12.1 Å². The fraction of sp³-hybridized carbons (Fsp3) is 0.143. The normalized spacial score (nSPS) is 11.7. The second kappa shape index (κ2) is 6.56. The van der Waals surface area contributed by atoms with Crippen LogP contribution in [0.15, 0.2) is 47.1 Å². The van der Waals surface area contributed by atoms with Crippen LogP contribution in [0.1, 0.15) is 17.5 Å². The van der Waals surface area contributed by atoms with Crippen molar-refractivity contribution in [1.82, 2.24) is 5.32 Å². The van der Waals surface area contributed by atoms with Gasteiger partial charge in [0.15, 0.2) is 5.76 Å². The molecule has 0 aliphatic heterocycles. The molecule has 2 aromatic rings. The molecule has 20 heavy (non-hydrogen) atoms. The Morgan fingerprint density at radius 1 is 1.25 bits per heavy atom. The highest BCUT2D eigenvalue weighted by Crippen LogP contribution is 2.14. The molecule has 0 spiro atoms. The summed E-state index contributed by atoms with van der Waals surface area (Å²) in [4.78, 5) is 23.5. The summed E-state index contributed by atoms with van der Waals surface area (Å²) in [6.07, 6.45) is 1.39. The smallest absolute Gasteiger partial charge is 0.333 e. The van der Waals surface area contributed by atoms with Gasteiger partial charge in [0.25, 0.3) is 5.91 Å². The van der Waals surface area contributed by atoms with Crippen molar-refractivity contribution in [3.8, 4) is 5.75 Å². The Balaban J connectivity index is 1.92. The summed E-state index contributed by atoms with van der Waals surface area (Å²) in [5.74, 6) is -0.401. The molecule has 1 unspecified atom stereocenters. The van der Waals surface area contributed by atoms with Crippen molar-refractivity contribution < 1.29 is 18.7 Å². The summed E-state index contributed by atoms with van der Waals surface area (Å²) in [5, 5.41) is 2.50. The van der Waals surface area contributed by atoms with Gasteiger partial charge in [0.05, 0.1) is 6.26 Å². The van der Waals surface area contributed by atoms with Crippen LogP contribution in [-0.2, 0) is 4.79 Å². The highest BCUT2D eigenvalue weighted by atomic mass is 127. The molecule has 0 bridgehead atoms. The highest BCUT2D eigenvalue weighted by molar-refractivity contribution is 14.1. The average Bonchev–Trinajstić information content (AvgIpc) is 2.95. The Bertz CT molecular complexity index is 592. The van der Waals surface area contributed by atoms with E-state index in [-0.39, 0.29) is 5.76 Å². The van der Waals surface area contributed by atoms with Crippen molar-refractivity contribution in [2.24, 2.45) is 0 Å². The van der Waals surface area contributed by atoms with E-state index in [0.29, 0.717) is 5.75 Å². The molecule has 1 amide bonds. The number of nitrogens with one attached hydrogen (secondary N) is 1. The zero-order valence-corrected chi connectivity index (χ0v) is 12.8. The molecule has 1 aromatic heterocycles. The molecule has 2 rings (SSSR count). The third-order valence-electron chi connectivity index (χ3n) is 2.48. The van der Waals surface area contributed by atoms with Gasteiger partial charge in [0, 0.05) is 3.57 Å². The van der Waals surface area contributed by atoms with Crippen molar-refractivity contribution in [3.05, 3.63) is 52.0 Å². The SMILES string of the molecule is CC(NC(=O)c1ccco1)C(=O)Oc1ccc(I)cc1. The third kappa shape index (κ3) is 3.83. The first kappa shape index (κ1) is 14.6. The molecule has 5 nitrogen and oxygen atoms in total. The van der Waals surface area contributed by atoms with Crippen LogP contribution in [0.5, 0.6) is 5.75 Å². The number of amides is 1. The first-order valence-corrected chi connectivity index (χ1v) is 6.96. The summed E-state index contributed by atoms with van der Waals surface area (Å²) >= 11 is 2.16. The van der Waals surface area contributed by atoms with Gasteiger partial charge in [-0.15, -0.1) is 0 Å². The number of benzene rings is 1. The van der Waals surface area contributed by atoms with Crippen LogP contribution in [0.25, 0.3) is 0 Å². The number of carbonyl (C=O) groups is 2. The van der Waals surface area contributed by atoms with Crippen LogP contribution in [-0.4, -0.2) is 17.9 Å². The molecule has 0 aliphatic carbocycles. The Hall–Kier alpha value is -1.83. The zero-order valence-electron chi connectivity index (χ0n) is 10.6. The molecule has 6 heteroatoms. The van der Waals surface area contributed by atoms with Gasteiger partial charge >= 0.3 is 5.97 Å². The van der Waals surface area contributed by atoms with Crippen LogP contribution in [0.3, 0.4) is 0 Å². The van der Waals surface area contributed by atoms with Gasteiger partial charge in [0.1, 0.15) is 11.8 Å². The molecule has 0 aliphatic rings. The van der Waals surface area contributed by atoms with E-state index in [9.17, 15) is 9.59 Å². The number of carbonyl (C=O) groups excluding carboxylic acids is 2. The Morgan fingerprint density at radius 3 is 2.55 bits per heavy atom. The summed E-state index contributed by atoms with van der Waals surface area (Å²) in [7, 11) is 0. The lowest BCUT2D eigenvalue weighted by Gasteiger charge is -2.12. The van der Waals surface area contributed by atoms with E-state index in [0.717, 1.165) is 3.57 Å². The second-order valence-corrected chi connectivity index (χ2v) is 5.29. The van der Waals surface area contributed by atoms with Gasteiger partial charge in [-0.05, 0) is 65.9 Å². The van der Waals surface area contributed by atoms with E-state index in [2.05, 4.69) is 27.9 Å². The summed E-state index contributed by atoms with van der Waals surface area (Å²) in [6, 6.07) is 9.40. The number of hydrogen-bond donors (Lipinski definition) is 1. The van der Waals surface area contributed by atoms with Gasteiger partial charge in [-0.25, -0.2) is 4.79 Å². The van der Waals surface area contributed by atoms with Crippen molar-refractivity contribution in [1.29, 1.82) is 0 Å². The van der Waals surface area contributed by atoms with E-state index in [1.54, 1.807) is 25.1 Å². The molecule has 0 fully saturated rings. The van der Waals surface area contributed by atoms with Crippen molar-refractivity contribution in [2.75, 3.05) is 0 Å². The molecular weight excluding hydrogens is 373 g/mol. The maximum absolute atomic E-state index is 11.8. The summed E-state index contributed by atoms with van der Waals surface area (Å²) < 4.78 is 11.1. The van der Waals surface area contributed by atoms with Crippen molar-refractivity contribution in [2.45, 2.75) is 13.0 Å².